The van der Waals surface area contributed by atoms with Crippen LogP contribution in [0.4, 0.5) is 0 Å². The van der Waals surface area contributed by atoms with E-state index in [1.165, 1.54) is 0 Å². The SMILES string of the molecule is Cc1nn(-c2ccccc2)cc1-c1noc(C(=O)NCCC(C)C)n1. The van der Waals surface area contributed by atoms with Crippen LogP contribution in [-0.2, 0) is 0 Å². The van der Waals surface area contributed by atoms with Crippen LogP contribution >= 0.6 is 0 Å². The summed E-state index contributed by atoms with van der Waals surface area (Å²) in [6.07, 6.45) is 2.73. The summed E-state index contributed by atoms with van der Waals surface area (Å²) in [7, 11) is 0. The zero-order chi connectivity index (χ0) is 17.8. The number of carbonyl (C=O) groups is 1. The van der Waals surface area contributed by atoms with Crippen molar-refractivity contribution in [1.29, 1.82) is 0 Å². The maximum atomic E-state index is 12.1. The summed E-state index contributed by atoms with van der Waals surface area (Å²) < 4.78 is 6.85. The molecular formula is C18H21N5O2. The van der Waals surface area contributed by atoms with E-state index in [0.29, 0.717) is 18.3 Å². The Labute approximate surface area is 146 Å². The summed E-state index contributed by atoms with van der Waals surface area (Å²) in [5, 5.41) is 11.2. The second-order valence-corrected chi connectivity index (χ2v) is 6.27. The highest BCUT2D eigenvalue weighted by Gasteiger charge is 2.19. The smallest absolute Gasteiger partial charge is 0.316 e. The molecule has 0 unspecified atom stereocenters. The van der Waals surface area contributed by atoms with Gasteiger partial charge in [0, 0.05) is 12.7 Å². The Morgan fingerprint density at radius 1 is 1.28 bits per heavy atom. The Balaban J connectivity index is 1.76. The third-order valence-electron chi connectivity index (χ3n) is 3.79. The van der Waals surface area contributed by atoms with E-state index in [9.17, 15) is 4.79 Å². The molecule has 25 heavy (non-hydrogen) atoms. The number of hydrogen-bond acceptors (Lipinski definition) is 5. The quantitative estimate of drug-likeness (QED) is 0.746. The normalized spacial score (nSPS) is 11.0. The molecule has 0 saturated carbocycles. The second kappa shape index (κ2) is 7.29. The van der Waals surface area contributed by atoms with Crippen LogP contribution in [0.1, 0.15) is 36.6 Å². The lowest BCUT2D eigenvalue weighted by atomic mass is 10.1. The Morgan fingerprint density at radius 3 is 2.76 bits per heavy atom. The van der Waals surface area contributed by atoms with Crippen LogP contribution < -0.4 is 5.32 Å². The highest BCUT2D eigenvalue weighted by Crippen LogP contribution is 2.21. The average molecular weight is 339 g/mol. The zero-order valence-corrected chi connectivity index (χ0v) is 14.6. The molecule has 3 rings (SSSR count). The Bertz CT molecular complexity index is 851. The molecule has 1 aromatic carbocycles. The molecule has 0 aliphatic heterocycles. The molecule has 0 radical (unpaired) electrons. The number of aromatic nitrogens is 4. The van der Waals surface area contributed by atoms with Gasteiger partial charge in [-0.15, -0.1) is 0 Å². The summed E-state index contributed by atoms with van der Waals surface area (Å²) in [5.74, 6) is 0.483. The van der Waals surface area contributed by atoms with Crippen LogP contribution in [0, 0.1) is 12.8 Å². The molecule has 7 nitrogen and oxygen atoms in total. The van der Waals surface area contributed by atoms with E-state index in [1.54, 1.807) is 4.68 Å². The molecule has 0 spiro atoms. The van der Waals surface area contributed by atoms with Crippen molar-refractivity contribution in [3.63, 3.8) is 0 Å². The van der Waals surface area contributed by atoms with Crippen LogP contribution in [0.25, 0.3) is 17.1 Å². The van der Waals surface area contributed by atoms with Crippen molar-refractivity contribution < 1.29 is 9.32 Å². The van der Waals surface area contributed by atoms with Crippen molar-refractivity contribution in [1.82, 2.24) is 25.2 Å². The molecule has 3 aromatic rings. The van der Waals surface area contributed by atoms with Gasteiger partial charge >= 0.3 is 11.8 Å². The monoisotopic (exact) mass is 339 g/mol. The first kappa shape index (κ1) is 16.9. The van der Waals surface area contributed by atoms with E-state index in [4.69, 9.17) is 4.52 Å². The molecular weight excluding hydrogens is 318 g/mol. The molecule has 130 valence electrons. The molecule has 0 aliphatic rings. The molecule has 0 bridgehead atoms. The highest BCUT2D eigenvalue weighted by molar-refractivity contribution is 5.89. The van der Waals surface area contributed by atoms with Gasteiger partial charge in [0.05, 0.1) is 16.9 Å². The molecule has 7 heteroatoms. The number of amides is 1. The fourth-order valence-electron chi connectivity index (χ4n) is 2.37. The number of aryl methyl sites for hydroxylation is 1. The lowest BCUT2D eigenvalue weighted by Gasteiger charge is -2.04. The van der Waals surface area contributed by atoms with Crippen LogP contribution in [0.15, 0.2) is 41.1 Å². The van der Waals surface area contributed by atoms with Gasteiger partial charge < -0.3 is 9.84 Å². The van der Waals surface area contributed by atoms with Gasteiger partial charge in [0.2, 0.25) is 5.82 Å². The molecule has 2 aromatic heterocycles. The minimum Gasteiger partial charge on any atom is -0.348 e. The van der Waals surface area contributed by atoms with Gasteiger partial charge in [-0.25, -0.2) is 4.68 Å². The van der Waals surface area contributed by atoms with E-state index in [2.05, 4.69) is 34.4 Å². The number of nitrogens with one attached hydrogen (secondary N) is 1. The lowest BCUT2D eigenvalue weighted by molar-refractivity contribution is 0.0908. The summed E-state index contributed by atoms with van der Waals surface area (Å²) in [5.41, 5.74) is 2.43. The van der Waals surface area contributed by atoms with Crippen LogP contribution in [0.3, 0.4) is 0 Å². The first-order chi connectivity index (χ1) is 12.0. The molecule has 1 amide bonds. The molecule has 0 atom stereocenters. The number of hydrogen-bond donors (Lipinski definition) is 1. The largest absolute Gasteiger partial charge is 0.348 e. The van der Waals surface area contributed by atoms with Crippen LogP contribution in [0.2, 0.25) is 0 Å². The molecule has 0 fully saturated rings. The lowest BCUT2D eigenvalue weighted by Crippen LogP contribution is -2.25. The van der Waals surface area contributed by atoms with Gasteiger partial charge in [-0.2, -0.15) is 10.1 Å². The fraction of sp³-hybridized carbons (Fsp3) is 0.333. The predicted molar refractivity (Wildman–Crippen MR) is 93.4 cm³/mol. The Morgan fingerprint density at radius 2 is 2.04 bits per heavy atom. The first-order valence-corrected chi connectivity index (χ1v) is 8.28. The average Bonchev–Trinajstić information content (AvgIpc) is 3.22. The molecule has 2 heterocycles. The topological polar surface area (TPSA) is 85.8 Å². The molecule has 0 saturated heterocycles. The van der Waals surface area contributed by atoms with Gasteiger partial charge in [0.25, 0.3) is 0 Å². The number of rotatable bonds is 6. The van der Waals surface area contributed by atoms with E-state index >= 15 is 0 Å². The van der Waals surface area contributed by atoms with E-state index < -0.39 is 0 Å². The Hall–Kier alpha value is -2.96. The fourth-order valence-corrected chi connectivity index (χ4v) is 2.37. The summed E-state index contributed by atoms with van der Waals surface area (Å²) >= 11 is 0. The minimum absolute atomic E-state index is 0.0365. The third-order valence-corrected chi connectivity index (χ3v) is 3.79. The van der Waals surface area contributed by atoms with Crippen molar-refractivity contribution in [2.45, 2.75) is 27.2 Å². The zero-order valence-electron chi connectivity index (χ0n) is 14.6. The van der Waals surface area contributed by atoms with E-state index in [-0.39, 0.29) is 11.8 Å². The second-order valence-electron chi connectivity index (χ2n) is 6.27. The van der Waals surface area contributed by atoms with E-state index in [0.717, 1.165) is 23.4 Å². The predicted octanol–water partition coefficient (Wildman–Crippen LogP) is 3.01. The minimum atomic E-state index is -0.354. The van der Waals surface area contributed by atoms with Crippen molar-refractivity contribution in [2.24, 2.45) is 5.92 Å². The van der Waals surface area contributed by atoms with Crippen molar-refractivity contribution in [2.75, 3.05) is 6.54 Å². The van der Waals surface area contributed by atoms with Crippen molar-refractivity contribution >= 4 is 5.91 Å². The third kappa shape index (κ3) is 3.93. The van der Waals surface area contributed by atoms with Gasteiger partial charge in [-0.3, -0.25) is 4.79 Å². The van der Waals surface area contributed by atoms with Gasteiger partial charge in [0.1, 0.15) is 0 Å². The summed E-state index contributed by atoms with van der Waals surface area (Å²) in [6.45, 7) is 6.65. The number of nitrogens with zero attached hydrogens (tertiary/aromatic N) is 4. The van der Waals surface area contributed by atoms with Crippen molar-refractivity contribution in [3.8, 4) is 17.1 Å². The number of benzene rings is 1. The molecule has 0 aliphatic carbocycles. The summed E-state index contributed by atoms with van der Waals surface area (Å²) in [4.78, 5) is 16.3. The highest BCUT2D eigenvalue weighted by atomic mass is 16.5. The van der Waals surface area contributed by atoms with Crippen LogP contribution in [0.5, 0.6) is 0 Å². The summed E-state index contributed by atoms with van der Waals surface area (Å²) in [6, 6.07) is 9.75. The number of para-hydroxylation sites is 1. The standard InChI is InChI=1S/C18H21N5O2/c1-12(2)9-10-19-17(24)18-20-16(22-25-18)15-11-23(21-13(15)3)14-7-5-4-6-8-14/h4-8,11-12H,9-10H2,1-3H3,(H,19,24). The first-order valence-electron chi connectivity index (χ1n) is 8.28. The van der Waals surface area contributed by atoms with Crippen LogP contribution in [-0.4, -0.2) is 32.4 Å². The van der Waals surface area contributed by atoms with Crippen molar-refractivity contribution in [3.05, 3.63) is 48.1 Å². The number of carbonyl (C=O) groups excluding carboxylic acids is 1. The van der Waals surface area contributed by atoms with Gasteiger partial charge in [-0.1, -0.05) is 37.2 Å². The van der Waals surface area contributed by atoms with Gasteiger partial charge in [0.15, 0.2) is 0 Å². The molecule has 1 N–H and O–H groups in total. The Kier molecular flexibility index (Phi) is 4.92. The van der Waals surface area contributed by atoms with Gasteiger partial charge in [-0.05, 0) is 31.4 Å². The maximum absolute atomic E-state index is 12.1. The maximum Gasteiger partial charge on any atom is 0.316 e. The van der Waals surface area contributed by atoms with E-state index in [1.807, 2.05) is 43.5 Å².